The number of carbonyl (C=O) groups excluding carboxylic acids is 2. The van der Waals surface area contributed by atoms with E-state index in [1.807, 2.05) is 0 Å². The van der Waals surface area contributed by atoms with Crippen LogP contribution in [0.25, 0.3) is 0 Å². The van der Waals surface area contributed by atoms with Crippen molar-refractivity contribution >= 4 is 11.8 Å². The van der Waals surface area contributed by atoms with Crippen molar-refractivity contribution in [3.63, 3.8) is 0 Å². The third-order valence-electron chi connectivity index (χ3n) is 4.04. The highest BCUT2D eigenvalue weighted by Crippen LogP contribution is 2.22. The van der Waals surface area contributed by atoms with E-state index in [9.17, 15) is 9.59 Å². The van der Waals surface area contributed by atoms with Crippen LogP contribution in [0.4, 0.5) is 0 Å². The SMILES string of the molecule is CCCCN1C(=O)CC(N2CCCCCC2)C1=O. The molecule has 2 aliphatic heterocycles. The summed E-state index contributed by atoms with van der Waals surface area (Å²) in [4.78, 5) is 27.9. The van der Waals surface area contributed by atoms with Crippen LogP contribution in [-0.2, 0) is 9.59 Å². The van der Waals surface area contributed by atoms with Crippen LogP contribution in [0.2, 0.25) is 0 Å². The van der Waals surface area contributed by atoms with E-state index in [0.29, 0.717) is 13.0 Å². The third-order valence-corrected chi connectivity index (χ3v) is 4.04. The Bertz CT molecular complexity index is 309. The molecule has 0 saturated carbocycles. The van der Waals surface area contributed by atoms with Crippen molar-refractivity contribution in [3.05, 3.63) is 0 Å². The number of hydrogen-bond donors (Lipinski definition) is 0. The molecule has 4 heteroatoms. The second-order valence-electron chi connectivity index (χ2n) is 5.41. The number of hydrogen-bond acceptors (Lipinski definition) is 3. The van der Waals surface area contributed by atoms with Crippen molar-refractivity contribution in [2.75, 3.05) is 19.6 Å². The maximum Gasteiger partial charge on any atom is 0.247 e. The minimum Gasteiger partial charge on any atom is -0.292 e. The Morgan fingerprint density at radius 2 is 1.78 bits per heavy atom. The molecule has 0 N–H and O–H groups in total. The molecule has 18 heavy (non-hydrogen) atoms. The molecule has 2 aliphatic rings. The van der Waals surface area contributed by atoms with Gasteiger partial charge in [0.2, 0.25) is 11.8 Å². The molecule has 0 aromatic heterocycles. The van der Waals surface area contributed by atoms with E-state index < -0.39 is 0 Å². The van der Waals surface area contributed by atoms with Crippen LogP contribution in [0.15, 0.2) is 0 Å². The molecule has 2 heterocycles. The van der Waals surface area contributed by atoms with Gasteiger partial charge >= 0.3 is 0 Å². The van der Waals surface area contributed by atoms with Gasteiger partial charge in [0.1, 0.15) is 0 Å². The first-order chi connectivity index (χ1) is 8.74. The molecule has 0 aromatic carbocycles. The number of carbonyl (C=O) groups is 2. The molecule has 0 radical (unpaired) electrons. The molecule has 2 fully saturated rings. The van der Waals surface area contributed by atoms with Crippen molar-refractivity contribution < 1.29 is 9.59 Å². The third kappa shape index (κ3) is 2.91. The van der Waals surface area contributed by atoms with Crippen LogP contribution in [0, 0.1) is 0 Å². The molecule has 102 valence electrons. The summed E-state index contributed by atoms with van der Waals surface area (Å²) in [5, 5.41) is 0. The minimum absolute atomic E-state index is 0.0303. The molecule has 1 unspecified atom stereocenters. The van der Waals surface area contributed by atoms with Gasteiger partial charge in [0, 0.05) is 6.54 Å². The Kier molecular flexibility index (Phi) is 4.75. The molecule has 0 aromatic rings. The molecular formula is C14H24N2O2. The summed E-state index contributed by atoms with van der Waals surface area (Å²) in [6.07, 6.45) is 7.17. The maximum absolute atomic E-state index is 12.3. The van der Waals surface area contributed by atoms with Gasteiger partial charge in [-0.1, -0.05) is 26.2 Å². The lowest BCUT2D eigenvalue weighted by molar-refractivity contribution is -0.139. The lowest BCUT2D eigenvalue weighted by atomic mass is 10.2. The van der Waals surface area contributed by atoms with Gasteiger partial charge < -0.3 is 0 Å². The number of likely N-dealkylation sites (tertiary alicyclic amines) is 2. The summed E-state index contributed by atoms with van der Waals surface area (Å²) < 4.78 is 0. The van der Waals surface area contributed by atoms with Crippen LogP contribution in [0.3, 0.4) is 0 Å². The lowest BCUT2D eigenvalue weighted by Crippen LogP contribution is -2.42. The molecule has 0 bridgehead atoms. The van der Waals surface area contributed by atoms with Crippen LogP contribution >= 0.6 is 0 Å². The molecule has 0 spiro atoms. The molecular weight excluding hydrogens is 228 g/mol. The highest BCUT2D eigenvalue weighted by atomic mass is 16.2. The zero-order valence-electron chi connectivity index (χ0n) is 11.4. The summed E-state index contributed by atoms with van der Waals surface area (Å²) in [5.41, 5.74) is 0. The largest absolute Gasteiger partial charge is 0.292 e. The maximum atomic E-state index is 12.3. The van der Waals surface area contributed by atoms with E-state index >= 15 is 0 Å². The zero-order valence-corrected chi connectivity index (χ0v) is 11.4. The predicted molar refractivity (Wildman–Crippen MR) is 70.1 cm³/mol. The fraction of sp³-hybridized carbons (Fsp3) is 0.857. The zero-order chi connectivity index (χ0) is 13.0. The molecule has 2 rings (SSSR count). The van der Waals surface area contributed by atoms with Gasteiger partial charge in [-0.3, -0.25) is 19.4 Å². The quantitative estimate of drug-likeness (QED) is 0.716. The van der Waals surface area contributed by atoms with Gasteiger partial charge in [0.05, 0.1) is 12.5 Å². The Morgan fingerprint density at radius 1 is 1.11 bits per heavy atom. The molecule has 1 atom stereocenters. The van der Waals surface area contributed by atoms with E-state index in [-0.39, 0.29) is 17.9 Å². The van der Waals surface area contributed by atoms with Gasteiger partial charge in [-0.2, -0.15) is 0 Å². The first kappa shape index (κ1) is 13.5. The van der Waals surface area contributed by atoms with E-state index in [2.05, 4.69) is 11.8 Å². The van der Waals surface area contributed by atoms with Crippen molar-refractivity contribution in [2.24, 2.45) is 0 Å². The molecule has 2 saturated heterocycles. The smallest absolute Gasteiger partial charge is 0.247 e. The highest BCUT2D eigenvalue weighted by molar-refractivity contribution is 6.05. The summed E-state index contributed by atoms with van der Waals surface area (Å²) in [6.45, 7) is 4.65. The standard InChI is InChI=1S/C14H24N2O2/c1-2-3-10-16-13(17)11-12(14(16)18)15-8-6-4-5-7-9-15/h12H,2-11H2,1H3. The fourth-order valence-corrected chi connectivity index (χ4v) is 2.91. The minimum atomic E-state index is -0.160. The number of nitrogens with zero attached hydrogens (tertiary/aromatic N) is 2. The molecule has 4 nitrogen and oxygen atoms in total. The number of amides is 2. The van der Waals surface area contributed by atoms with Crippen molar-refractivity contribution in [1.82, 2.24) is 9.80 Å². The first-order valence-electron chi connectivity index (χ1n) is 7.32. The van der Waals surface area contributed by atoms with Gasteiger partial charge in [-0.25, -0.2) is 0 Å². The highest BCUT2D eigenvalue weighted by Gasteiger charge is 2.41. The molecule has 0 aliphatic carbocycles. The average Bonchev–Trinajstić information content (AvgIpc) is 2.60. The summed E-state index contributed by atoms with van der Waals surface area (Å²) in [6, 6.07) is -0.160. The Morgan fingerprint density at radius 3 is 2.39 bits per heavy atom. The van der Waals surface area contributed by atoms with E-state index in [1.54, 1.807) is 0 Å². The van der Waals surface area contributed by atoms with Gasteiger partial charge in [0.25, 0.3) is 0 Å². The van der Waals surface area contributed by atoms with E-state index in [4.69, 9.17) is 0 Å². The fourth-order valence-electron chi connectivity index (χ4n) is 2.91. The Balaban J connectivity index is 1.97. The lowest BCUT2D eigenvalue weighted by Gasteiger charge is -2.25. The van der Waals surface area contributed by atoms with Crippen LogP contribution in [-0.4, -0.2) is 47.3 Å². The van der Waals surface area contributed by atoms with E-state index in [1.165, 1.54) is 17.7 Å². The number of rotatable bonds is 4. The van der Waals surface area contributed by atoms with Crippen LogP contribution in [0.1, 0.15) is 51.9 Å². The first-order valence-corrected chi connectivity index (χ1v) is 7.32. The van der Waals surface area contributed by atoms with Crippen molar-refractivity contribution in [1.29, 1.82) is 0 Å². The van der Waals surface area contributed by atoms with Crippen LogP contribution < -0.4 is 0 Å². The summed E-state index contributed by atoms with van der Waals surface area (Å²) in [5.74, 6) is 0.0815. The number of unbranched alkanes of at least 4 members (excludes halogenated alkanes) is 1. The van der Waals surface area contributed by atoms with E-state index in [0.717, 1.165) is 38.8 Å². The second-order valence-corrected chi connectivity index (χ2v) is 5.41. The Hall–Kier alpha value is -0.900. The second kappa shape index (κ2) is 6.32. The summed E-state index contributed by atoms with van der Waals surface area (Å²) >= 11 is 0. The number of imide groups is 1. The van der Waals surface area contributed by atoms with Crippen LogP contribution in [0.5, 0.6) is 0 Å². The monoisotopic (exact) mass is 252 g/mol. The average molecular weight is 252 g/mol. The van der Waals surface area contributed by atoms with Gasteiger partial charge in [0.15, 0.2) is 0 Å². The predicted octanol–water partition coefficient (Wildman–Crippen LogP) is 1.79. The Labute approximate surface area is 109 Å². The van der Waals surface area contributed by atoms with Crippen molar-refractivity contribution in [2.45, 2.75) is 57.9 Å². The van der Waals surface area contributed by atoms with Gasteiger partial charge in [-0.15, -0.1) is 0 Å². The van der Waals surface area contributed by atoms with Gasteiger partial charge in [-0.05, 0) is 32.4 Å². The normalized spacial score (nSPS) is 26.7. The molecule has 2 amide bonds. The summed E-state index contributed by atoms with van der Waals surface area (Å²) in [7, 11) is 0. The topological polar surface area (TPSA) is 40.6 Å². The van der Waals surface area contributed by atoms with Crippen molar-refractivity contribution in [3.8, 4) is 0 Å².